The molecule has 0 aromatic heterocycles. The molecule has 6 rings (SSSR count). The van der Waals surface area contributed by atoms with Crippen LogP contribution in [0.2, 0.25) is 0 Å². The van der Waals surface area contributed by atoms with Gasteiger partial charge in [0.15, 0.2) is 0 Å². The Balaban J connectivity index is 1.35. The lowest BCUT2D eigenvalue weighted by atomic mass is 9.97. The van der Waals surface area contributed by atoms with Gasteiger partial charge in [-0.1, -0.05) is 121 Å². The third-order valence-electron chi connectivity index (χ3n) is 6.20. The van der Waals surface area contributed by atoms with Gasteiger partial charge >= 0.3 is 0 Å². The molecule has 0 heteroatoms. The Morgan fingerprint density at radius 2 is 0.735 bits per heavy atom. The molecule has 6 aromatic rings. The summed E-state index contributed by atoms with van der Waals surface area (Å²) in [6, 6.07) is 38.2. The number of fused-ring (bicyclic) bond motifs is 6. The molecule has 0 spiro atoms. The molecule has 6 aromatic carbocycles. The second kappa shape index (κ2) is 8.63. The molecule has 0 nitrogen and oxygen atoms in total. The molecule has 34 heavy (non-hydrogen) atoms. The maximum atomic E-state index is 3.33. The van der Waals surface area contributed by atoms with Gasteiger partial charge in [0, 0.05) is 11.1 Å². The lowest BCUT2D eigenvalue weighted by Gasteiger charge is -2.06. The Kier molecular flexibility index (Phi) is 5.04. The summed E-state index contributed by atoms with van der Waals surface area (Å²) in [6.07, 6.45) is 3.67. The lowest BCUT2D eigenvalue weighted by Crippen LogP contribution is -1.83. The van der Waals surface area contributed by atoms with Crippen LogP contribution in [0.4, 0.5) is 0 Å². The van der Waals surface area contributed by atoms with Crippen molar-refractivity contribution in [2.75, 3.05) is 0 Å². The fraction of sp³-hybridized carbons (Fsp3) is 0. The summed E-state index contributed by atoms with van der Waals surface area (Å²) >= 11 is 0. The van der Waals surface area contributed by atoms with Gasteiger partial charge in [0.25, 0.3) is 0 Å². The first-order valence-electron chi connectivity index (χ1n) is 11.4. The van der Waals surface area contributed by atoms with Gasteiger partial charge in [0.1, 0.15) is 0 Å². The van der Waals surface area contributed by atoms with Crippen LogP contribution in [0.15, 0.2) is 121 Å². The first kappa shape index (κ1) is 19.9. The van der Waals surface area contributed by atoms with Crippen molar-refractivity contribution in [2.45, 2.75) is 0 Å². The molecule has 156 valence electrons. The molecule has 0 aliphatic carbocycles. The summed E-state index contributed by atoms with van der Waals surface area (Å²) in [6.45, 7) is 0. The summed E-state index contributed by atoms with van der Waals surface area (Å²) in [5.41, 5.74) is 2.07. The summed E-state index contributed by atoms with van der Waals surface area (Å²) in [5, 5.41) is 9.75. The van der Waals surface area contributed by atoms with Crippen molar-refractivity contribution >= 4 is 43.1 Å². The summed E-state index contributed by atoms with van der Waals surface area (Å²) in [5.74, 6) is 13.0. The normalized spacial score (nSPS) is 10.9. The van der Waals surface area contributed by atoms with E-state index in [4.69, 9.17) is 0 Å². The number of hydrogen-bond donors (Lipinski definition) is 0. The van der Waals surface area contributed by atoms with Crippen molar-refractivity contribution in [1.82, 2.24) is 0 Å². The standard InChI is InChI=1S/C34H20/c1(3-13-25-23-27-15-5-7-17-29(27)33-21-11-9-19-31(25)33)2-4-14-26-24-28-16-6-8-18-30(28)34-22-12-10-20-32(26)34/h1-2,5-12,15-24H/b2-1+. The molecule has 0 bridgehead atoms. The maximum Gasteiger partial charge on any atom is 0.0333 e. The monoisotopic (exact) mass is 428 g/mol. The van der Waals surface area contributed by atoms with E-state index in [2.05, 4.69) is 133 Å². The quantitative estimate of drug-likeness (QED) is 0.169. The van der Waals surface area contributed by atoms with Crippen LogP contribution >= 0.6 is 0 Å². The van der Waals surface area contributed by atoms with Crippen molar-refractivity contribution in [3.63, 3.8) is 0 Å². The predicted octanol–water partition coefficient (Wildman–Crippen LogP) is 8.26. The van der Waals surface area contributed by atoms with Crippen LogP contribution in [0.25, 0.3) is 43.1 Å². The second-order valence-electron chi connectivity index (χ2n) is 8.25. The van der Waals surface area contributed by atoms with Crippen LogP contribution in [-0.4, -0.2) is 0 Å². The summed E-state index contributed by atoms with van der Waals surface area (Å²) in [4.78, 5) is 0. The van der Waals surface area contributed by atoms with Crippen LogP contribution in [0, 0.1) is 23.7 Å². The van der Waals surface area contributed by atoms with Crippen LogP contribution in [-0.2, 0) is 0 Å². The van der Waals surface area contributed by atoms with Crippen molar-refractivity contribution in [3.05, 3.63) is 132 Å². The zero-order chi connectivity index (χ0) is 22.7. The van der Waals surface area contributed by atoms with Gasteiger partial charge in [0.05, 0.1) is 0 Å². The van der Waals surface area contributed by atoms with E-state index in [1.54, 1.807) is 0 Å². The van der Waals surface area contributed by atoms with Gasteiger partial charge in [-0.15, -0.1) is 0 Å². The van der Waals surface area contributed by atoms with Crippen molar-refractivity contribution in [1.29, 1.82) is 0 Å². The molecular weight excluding hydrogens is 408 g/mol. The van der Waals surface area contributed by atoms with E-state index in [1.807, 2.05) is 12.2 Å². The van der Waals surface area contributed by atoms with Crippen LogP contribution < -0.4 is 0 Å². The van der Waals surface area contributed by atoms with Gasteiger partial charge < -0.3 is 0 Å². The average molecular weight is 429 g/mol. The Bertz CT molecular complexity index is 1720. The molecule has 0 aliphatic rings. The molecule has 0 radical (unpaired) electrons. The van der Waals surface area contributed by atoms with E-state index in [-0.39, 0.29) is 0 Å². The number of rotatable bonds is 0. The Morgan fingerprint density at radius 3 is 1.18 bits per heavy atom. The van der Waals surface area contributed by atoms with Gasteiger partial charge in [-0.3, -0.25) is 0 Å². The number of hydrogen-bond acceptors (Lipinski definition) is 0. The van der Waals surface area contributed by atoms with Crippen LogP contribution in [0.1, 0.15) is 11.1 Å². The van der Waals surface area contributed by atoms with E-state index in [0.717, 1.165) is 11.1 Å². The molecule has 0 atom stereocenters. The average Bonchev–Trinajstić information content (AvgIpc) is 2.90. The number of benzene rings is 6. The molecular formula is C34H20. The van der Waals surface area contributed by atoms with Gasteiger partial charge in [-0.05, 0) is 67.4 Å². The van der Waals surface area contributed by atoms with E-state index in [9.17, 15) is 0 Å². The summed E-state index contributed by atoms with van der Waals surface area (Å²) < 4.78 is 0. The van der Waals surface area contributed by atoms with Crippen LogP contribution in [0.3, 0.4) is 0 Å². The second-order valence-corrected chi connectivity index (χ2v) is 8.25. The predicted molar refractivity (Wildman–Crippen MR) is 146 cm³/mol. The third-order valence-corrected chi connectivity index (χ3v) is 6.20. The van der Waals surface area contributed by atoms with Crippen molar-refractivity contribution in [2.24, 2.45) is 0 Å². The van der Waals surface area contributed by atoms with Gasteiger partial charge in [-0.2, -0.15) is 0 Å². The minimum Gasteiger partial charge on any atom is -0.0689 e. The minimum absolute atomic E-state index is 1.03. The lowest BCUT2D eigenvalue weighted by molar-refractivity contribution is 1.73. The van der Waals surface area contributed by atoms with E-state index < -0.39 is 0 Å². The highest BCUT2D eigenvalue weighted by molar-refractivity contribution is 6.10. The van der Waals surface area contributed by atoms with E-state index in [0.29, 0.717) is 0 Å². The zero-order valence-corrected chi connectivity index (χ0v) is 18.5. The molecule has 0 saturated carbocycles. The first-order chi connectivity index (χ1) is 16.9. The summed E-state index contributed by atoms with van der Waals surface area (Å²) in [7, 11) is 0. The highest BCUT2D eigenvalue weighted by Gasteiger charge is 2.05. The number of allylic oxidation sites excluding steroid dienone is 2. The third kappa shape index (κ3) is 3.59. The highest BCUT2D eigenvalue weighted by Crippen LogP contribution is 2.29. The van der Waals surface area contributed by atoms with E-state index >= 15 is 0 Å². The SMILES string of the molecule is C(#Cc1cc2ccccc2c2ccccc12)/C=C/C#Cc1cc2ccccc2c2ccccc12. The fourth-order valence-corrected chi connectivity index (χ4v) is 4.64. The first-order valence-corrected chi connectivity index (χ1v) is 11.4. The molecule has 0 unspecified atom stereocenters. The Labute approximate surface area is 199 Å². The molecule has 0 amide bonds. The Morgan fingerprint density at radius 1 is 0.382 bits per heavy atom. The van der Waals surface area contributed by atoms with Crippen molar-refractivity contribution < 1.29 is 0 Å². The van der Waals surface area contributed by atoms with Crippen molar-refractivity contribution in [3.8, 4) is 23.7 Å². The highest BCUT2D eigenvalue weighted by atomic mass is 14.1. The molecule has 0 aliphatic heterocycles. The topological polar surface area (TPSA) is 0 Å². The zero-order valence-electron chi connectivity index (χ0n) is 18.5. The molecule has 0 saturated heterocycles. The largest absolute Gasteiger partial charge is 0.0689 e. The minimum atomic E-state index is 1.03. The van der Waals surface area contributed by atoms with E-state index in [1.165, 1.54) is 43.1 Å². The van der Waals surface area contributed by atoms with Crippen LogP contribution in [0.5, 0.6) is 0 Å². The maximum absolute atomic E-state index is 3.33. The fourth-order valence-electron chi connectivity index (χ4n) is 4.64. The van der Waals surface area contributed by atoms with Gasteiger partial charge in [-0.25, -0.2) is 0 Å². The smallest absolute Gasteiger partial charge is 0.0333 e. The van der Waals surface area contributed by atoms with Gasteiger partial charge in [0.2, 0.25) is 0 Å². The Hall–Kier alpha value is -4.78. The molecule has 0 fully saturated rings. The molecule has 0 heterocycles. The molecule has 0 N–H and O–H groups in total.